The number of carboxylic acids is 1. The van der Waals surface area contributed by atoms with E-state index in [-0.39, 0.29) is 29.8 Å². The number of aromatic amines is 1. The number of carboxylic acid groups (broad SMARTS) is 1. The zero-order valence-corrected chi connectivity index (χ0v) is 24.7. The number of carbonyl (C=O) groups excluding carboxylic acids is 1. The van der Waals surface area contributed by atoms with Crippen molar-refractivity contribution in [1.82, 2.24) is 10.3 Å². The fourth-order valence-corrected chi connectivity index (χ4v) is 9.12. The van der Waals surface area contributed by atoms with Gasteiger partial charge in [-0.25, -0.2) is 4.79 Å². The van der Waals surface area contributed by atoms with E-state index in [1.807, 2.05) is 31.2 Å². The van der Waals surface area contributed by atoms with Crippen molar-refractivity contribution in [3.8, 4) is 0 Å². The highest BCUT2D eigenvalue weighted by atomic mass is 16.6. The fourth-order valence-electron chi connectivity index (χ4n) is 9.12. The van der Waals surface area contributed by atoms with Crippen LogP contribution in [-0.4, -0.2) is 62.2 Å². The molecule has 9 heteroatoms. The molecule has 9 nitrogen and oxygen atoms in total. The third-order valence-electron chi connectivity index (χ3n) is 11.6. The average molecular weight is 578 g/mol. The highest BCUT2D eigenvalue weighted by Gasteiger charge is 2.64. The largest absolute Gasteiger partial charge is 0.480 e. The third-order valence-corrected chi connectivity index (χ3v) is 11.6. The number of carbonyl (C=O) groups is 2. The minimum atomic E-state index is -1.11. The van der Waals surface area contributed by atoms with Crippen LogP contribution < -0.4 is 5.32 Å². The lowest BCUT2D eigenvalue weighted by atomic mass is 9.45. The summed E-state index contributed by atoms with van der Waals surface area (Å²) >= 11 is 0. The first-order chi connectivity index (χ1) is 19.9. The summed E-state index contributed by atoms with van der Waals surface area (Å²) in [7, 11) is 0. The Balaban J connectivity index is 1.09. The number of oxime groups is 1. The number of allylic oxidation sites excluding steroid dienone is 2. The van der Waals surface area contributed by atoms with Gasteiger partial charge >= 0.3 is 5.97 Å². The molecule has 6 rings (SSSR count). The lowest BCUT2D eigenvalue weighted by Crippen LogP contribution is -2.59. The van der Waals surface area contributed by atoms with Crippen LogP contribution in [0.3, 0.4) is 0 Å². The Kier molecular flexibility index (Phi) is 7.25. The molecule has 2 aromatic rings. The topological polar surface area (TPSA) is 144 Å². The van der Waals surface area contributed by atoms with E-state index in [0.717, 1.165) is 54.3 Å². The van der Waals surface area contributed by atoms with Gasteiger partial charge in [0.2, 0.25) is 0 Å². The van der Waals surface area contributed by atoms with Crippen LogP contribution in [0.2, 0.25) is 0 Å². The second-order valence-corrected chi connectivity index (χ2v) is 13.8. The van der Waals surface area contributed by atoms with Gasteiger partial charge in [-0.15, -0.1) is 0 Å². The molecule has 0 aliphatic heterocycles. The van der Waals surface area contributed by atoms with Crippen LogP contribution in [-0.2, 0) is 20.8 Å². The Morgan fingerprint density at radius 1 is 1.17 bits per heavy atom. The number of hydrogen-bond donors (Lipinski definition) is 5. The summed E-state index contributed by atoms with van der Waals surface area (Å²) in [4.78, 5) is 33.0. The molecule has 3 fully saturated rings. The van der Waals surface area contributed by atoms with E-state index in [1.54, 1.807) is 6.20 Å². The van der Waals surface area contributed by atoms with Crippen molar-refractivity contribution in [1.29, 1.82) is 0 Å². The van der Waals surface area contributed by atoms with Crippen molar-refractivity contribution < 1.29 is 29.7 Å². The van der Waals surface area contributed by atoms with Crippen molar-refractivity contribution in [2.45, 2.75) is 89.9 Å². The normalized spacial score (nSPS) is 37.4. The molecule has 3 saturated carbocycles. The number of nitrogens with one attached hydrogen (secondary N) is 2. The fraction of sp³-hybridized carbons (Fsp3) is 0.606. The summed E-state index contributed by atoms with van der Waals surface area (Å²) in [5.41, 5.74) is 2.65. The summed E-state index contributed by atoms with van der Waals surface area (Å²) in [6.07, 6.45) is 9.42. The lowest BCUT2D eigenvalue weighted by molar-refractivity contribution is -0.164. The zero-order chi connectivity index (χ0) is 29.9. The minimum Gasteiger partial charge on any atom is -0.480 e. The Labute approximate surface area is 246 Å². The van der Waals surface area contributed by atoms with Crippen LogP contribution in [0.5, 0.6) is 0 Å². The number of aliphatic hydroxyl groups is 2. The van der Waals surface area contributed by atoms with Crippen LogP contribution in [0, 0.1) is 28.6 Å². The molecule has 8 atom stereocenters. The number of H-pyrrole nitrogens is 1. The van der Waals surface area contributed by atoms with Crippen molar-refractivity contribution in [3.63, 3.8) is 0 Å². The van der Waals surface area contributed by atoms with Gasteiger partial charge in [0, 0.05) is 28.9 Å². The first-order valence-corrected chi connectivity index (χ1v) is 15.3. The molecule has 0 saturated heterocycles. The molecule has 0 radical (unpaired) electrons. The van der Waals surface area contributed by atoms with Crippen molar-refractivity contribution in [3.05, 3.63) is 47.7 Å². The monoisotopic (exact) mass is 577 g/mol. The molecule has 0 bridgehead atoms. The molecule has 4 aliphatic carbocycles. The van der Waals surface area contributed by atoms with Gasteiger partial charge in [-0.2, -0.15) is 0 Å². The zero-order valence-electron chi connectivity index (χ0n) is 24.7. The Morgan fingerprint density at radius 2 is 1.95 bits per heavy atom. The van der Waals surface area contributed by atoms with Crippen LogP contribution in [0.1, 0.15) is 71.3 Å². The van der Waals surface area contributed by atoms with Gasteiger partial charge in [-0.1, -0.05) is 42.8 Å². The van der Waals surface area contributed by atoms with Gasteiger partial charge < -0.3 is 30.5 Å². The molecule has 226 valence electrons. The maximum atomic E-state index is 12.6. The number of rotatable bonds is 7. The molecule has 0 unspecified atom stereocenters. The predicted octanol–water partition coefficient (Wildman–Crippen LogP) is 4.34. The molecule has 42 heavy (non-hydrogen) atoms. The molecule has 1 aromatic heterocycles. The van der Waals surface area contributed by atoms with Crippen molar-refractivity contribution in [2.75, 3.05) is 6.61 Å². The average Bonchev–Trinajstić information content (AvgIpc) is 3.45. The first-order valence-electron chi connectivity index (χ1n) is 15.3. The number of hydrogen-bond acceptors (Lipinski definition) is 6. The number of aliphatic carboxylic acids is 1. The number of amides is 1. The van der Waals surface area contributed by atoms with E-state index in [2.05, 4.69) is 35.4 Å². The van der Waals surface area contributed by atoms with E-state index in [4.69, 9.17) is 4.84 Å². The SMILES string of the molecule is C[C@]12CC/C(=N/OCC(=O)N[C@@H](Cc3c[nH]c4ccccc34)C(=O)O)C=C1CC[C@@H]1[C@@H]2[C@@H](O)C[C@@]2(C)[C@H]1CC[C@]2(C)O. The van der Waals surface area contributed by atoms with Gasteiger partial charge in [-0.05, 0) is 92.7 Å². The number of fused-ring (bicyclic) bond motifs is 6. The predicted molar refractivity (Wildman–Crippen MR) is 159 cm³/mol. The van der Waals surface area contributed by atoms with Gasteiger partial charge in [0.05, 0.1) is 17.4 Å². The summed E-state index contributed by atoms with van der Waals surface area (Å²) in [5, 5.41) is 40.1. The maximum Gasteiger partial charge on any atom is 0.326 e. The van der Waals surface area contributed by atoms with Gasteiger partial charge in [0.25, 0.3) is 5.91 Å². The Morgan fingerprint density at radius 3 is 2.74 bits per heavy atom. The highest BCUT2D eigenvalue weighted by molar-refractivity contribution is 5.96. The lowest BCUT2D eigenvalue weighted by Gasteiger charge is -2.60. The standard InChI is InChI=1S/C33H43N3O6/c1-31-12-10-21(15-20(31)8-9-23-24-11-13-33(3,41)32(24,2)16-27(37)29(23)31)36-42-18-28(38)35-26(30(39)40)14-19-17-34-25-7-5-4-6-22(19)25/h4-7,15,17,23-24,26-27,29,34,37,41H,8-14,16,18H2,1-3H3,(H,35,38)(H,39,40)/b36-21-/t23-,24-,26-,27-,29+,31-,32-,33-/m0/s1. The van der Waals surface area contributed by atoms with Crippen molar-refractivity contribution in [2.24, 2.45) is 33.7 Å². The van der Waals surface area contributed by atoms with E-state index in [9.17, 15) is 24.9 Å². The van der Waals surface area contributed by atoms with Gasteiger partial charge in [0.1, 0.15) is 6.04 Å². The molecule has 0 spiro atoms. The van der Waals surface area contributed by atoms with E-state index >= 15 is 0 Å². The van der Waals surface area contributed by atoms with E-state index < -0.39 is 29.6 Å². The van der Waals surface area contributed by atoms with Crippen LogP contribution in [0.15, 0.2) is 47.3 Å². The highest BCUT2D eigenvalue weighted by Crippen LogP contribution is 2.67. The Bertz CT molecular complexity index is 1440. The minimum absolute atomic E-state index is 0.133. The van der Waals surface area contributed by atoms with Crippen LogP contribution in [0.4, 0.5) is 0 Å². The third kappa shape index (κ3) is 4.74. The van der Waals surface area contributed by atoms with Gasteiger partial charge in [-0.3, -0.25) is 4.79 Å². The number of benzene rings is 1. The molecule has 1 aromatic carbocycles. The Hall–Kier alpha value is -3.17. The van der Waals surface area contributed by atoms with E-state index in [1.165, 1.54) is 5.57 Å². The summed E-state index contributed by atoms with van der Waals surface area (Å²) in [5.74, 6) is -0.691. The second kappa shape index (κ2) is 10.5. The quantitative estimate of drug-likeness (QED) is 0.310. The molecular weight excluding hydrogens is 534 g/mol. The second-order valence-electron chi connectivity index (χ2n) is 13.8. The number of aromatic nitrogens is 1. The molecule has 4 aliphatic rings. The number of nitrogens with zero attached hydrogens (tertiary/aromatic N) is 1. The van der Waals surface area contributed by atoms with Crippen molar-refractivity contribution >= 4 is 28.5 Å². The summed E-state index contributed by atoms with van der Waals surface area (Å²) in [6, 6.07) is 6.55. The smallest absolute Gasteiger partial charge is 0.326 e. The van der Waals surface area contributed by atoms with Crippen LogP contribution >= 0.6 is 0 Å². The molecule has 5 N–H and O–H groups in total. The van der Waals surface area contributed by atoms with Gasteiger partial charge in [0.15, 0.2) is 6.61 Å². The number of para-hydroxylation sites is 1. The maximum absolute atomic E-state index is 12.6. The summed E-state index contributed by atoms with van der Waals surface area (Å²) in [6.45, 7) is 6.04. The molecule has 1 amide bonds. The van der Waals surface area contributed by atoms with E-state index in [0.29, 0.717) is 24.7 Å². The molecule has 1 heterocycles. The summed E-state index contributed by atoms with van der Waals surface area (Å²) < 4.78 is 0. The first kappa shape index (κ1) is 28.9. The number of aliphatic hydroxyl groups excluding tert-OH is 1. The molecular formula is C33H43N3O6. The van der Waals surface area contributed by atoms with Crippen LogP contribution in [0.25, 0.3) is 10.9 Å².